The van der Waals surface area contributed by atoms with Gasteiger partial charge in [0.05, 0.1) is 12.5 Å². The molecule has 2 heterocycles. The second-order valence-electron chi connectivity index (χ2n) is 6.18. The number of hydrogen-bond donors (Lipinski definition) is 0. The molecule has 7 heteroatoms. The number of benzene rings is 1. The number of likely N-dealkylation sites (tertiary alicyclic amines) is 1. The van der Waals surface area contributed by atoms with Crippen LogP contribution in [-0.2, 0) is 11.2 Å². The van der Waals surface area contributed by atoms with Gasteiger partial charge in [-0.2, -0.15) is 4.98 Å². The van der Waals surface area contributed by atoms with E-state index in [0.29, 0.717) is 43.5 Å². The summed E-state index contributed by atoms with van der Waals surface area (Å²) < 4.78 is 23.7. The molecule has 0 saturated carbocycles. The fourth-order valence-electron chi connectivity index (χ4n) is 2.89. The van der Waals surface area contributed by atoms with Crippen LogP contribution in [0.25, 0.3) is 0 Å². The Labute approximate surface area is 146 Å². The third-order valence-corrected chi connectivity index (χ3v) is 4.25. The highest BCUT2D eigenvalue weighted by Gasteiger charge is 2.30. The number of carbonyl (C=O) groups excluding carboxylic acids is 1. The first-order valence-corrected chi connectivity index (χ1v) is 8.64. The van der Waals surface area contributed by atoms with Crippen molar-refractivity contribution < 1.29 is 18.4 Å². The Bertz CT molecular complexity index is 702. The van der Waals surface area contributed by atoms with Gasteiger partial charge >= 0.3 is 0 Å². The van der Waals surface area contributed by atoms with Crippen molar-refractivity contribution >= 4 is 5.91 Å². The topological polar surface area (TPSA) is 68.5 Å². The molecule has 1 atom stereocenters. The number of hydrogen-bond acceptors (Lipinski definition) is 5. The van der Waals surface area contributed by atoms with Crippen molar-refractivity contribution in [1.29, 1.82) is 0 Å². The molecule has 1 aromatic carbocycles. The second-order valence-corrected chi connectivity index (χ2v) is 6.18. The minimum absolute atomic E-state index is 0.111. The molecular formula is C18H22FN3O3. The number of rotatable bonds is 7. The van der Waals surface area contributed by atoms with Crippen molar-refractivity contribution in [2.75, 3.05) is 19.7 Å². The van der Waals surface area contributed by atoms with Crippen molar-refractivity contribution in [3.05, 3.63) is 41.8 Å². The summed E-state index contributed by atoms with van der Waals surface area (Å²) in [7, 11) is 0. The fourth-order valence-corrected chi connectivity index (χ4v) is 2.89. The van der Waals surface area contributed by atoms with Crippen molar-refractivity contribution in [3.8, 4) is 5.75 Å². The summed E-state index contributed by atoms with van der Waals surface area (Å²) in [6, 6.07) is 5.87. The number of halogens is 1. The molecule has 0 bridgehead atoms. The van der Waals surface area contributed by atoms with E-state index in [-0.39, 0.29) is 17.6 Å². The maximum atomic E-state index is 12.8. The van der Waals surface area contributed by atoms with Gasteiger partial charge in [-0.25, -0.2) is 4.39 Å². The van der Waals surface area contributed by atoms with E-state index in [0.717, 1.165) is 19.4 Å². The van der Waals surface area contributed by atoms with Crippen molar-refractivity contribution in [2.24, 2.45) is 0 Å². The Kier molecular flexibility index (Phi) is 5.63. The van der Waals surface area contributed by atoms with Crippen LogP contribution in [0.15, 0.2) is 28.8 Å². The largest absolute Gasteiger partial charge is 0.493 e. The molecular weight excluding hydrogens is 325 g/mol. The molecule has 0 spiro atoms. The van der Waals surface area contributed by atoms with Gasteiger partial charge in [0.25, 0.3) is 0 Å². The lowest BCUT2D eigenvalue weighted by atomic mass is 10.1. The molecule has 0 N–H and O–H groups in total. The van der Waals surface area contributed by atoms with Crippen LogP contribution in [0.2, 0.25) is 0 Å². The lowest BCUT2D eigenvalue weighted by Gasteiger charge is -2.14. The van der Waals surface area contributed by atoms with Gasteiger partial charge in [0.2, 0.25) is 11.8 Å². The summed E-state index contributed by atoms with van der Waals surface area (Å²) in [6.07, 6.45) is 2.80. The Morgan fingerprint density at radius 3 is 2.96 bits per heavy atom. The zero-order valence-corrected chi connectivity index (χ0v) is 14.3. The Morgan fingerprint density at radius 2 is 2.20 bits per heavy atom. The van der Waals surface area contributed by atoms with E-state index >= 15 is 0 Å². The highest BCUT2D eigenvalue weighted by molar-refractivity contribution is 5.76. The van der Waals surface area contributed by atoms with Gasteiger partial charge in [-0.05, 0) is 37.1 Å². The Hall–Kier alpha value is -2.44. The van der Waals surface area contributed by atoms with Crippen LogP contribution in [0.5, 0.6) is 5.75 Å². The molecule has 3 rings (SSSR count). The average molecular weight is 347 g/mol. The summed E-state index contributed by atoms with van der Waals surface area (Å²) >= 11 is 0. The van der Waals surface area contributed by atoms with E-state index in [4.69, 9.17) is 9.26 Å². The SMILES string of the molecule is CCCC(=O)N1CCC(c2nc(CCOc3ccc(F)cc3)no2)C1. The molecule has 25 heavy (non-hydrogen) atoms. The lowest BCUT2D eigenvalue weighted by Crippen LogP contribution is -2.27. The van der Waals surface area contributed by atoms with Crippen molar-refractivity contribution in [2.45, 2.75) is 38.5 Å². The minimum atomic E-state index is -0.293. The van der Waals surface area contributed by atoms with Crippen LogP contribution in [0.3, 0.4) is 0 Å². The molecule has 134 valence electrons. The van der Waals surface area contributed by atoms with Crippen LogP contribution >= 0.6 is 0 Å². The molecule has 1 unspecified atom stereocenters. The van der Waals surface area contributed by atoms with Crippen molar-refractivity contribution in [3.63, 3.8) is 0 Å². The fraction of sp³-hybridized carbons (Fsp3) is 0.500. The Balaban J connectivity index is 1.47. The zero-order chi connectivity index (χ0) is 17.6. The third kappa shape index (κ3) is 4.55. The summed E-state index contributed by atoms with van der Waals surface area (Å²) in [6.45, 7) is 3.78. The summed E-state index contributed by atoms with van der Waals surface area (Å²) in [5.41, 5.74) is 0. The number of aromatic nitrogens is 2. The van der Waals surface area contributed by atoms with Crippen LogP contribution < -0.4 is 4.74 Å². The van der Waals surface area contributed by atoms with Gasteiger partial charge in [0.15, 0.2) is 5.82 Å². The predicted molar refractivity (Wildman–Crippen MR) is 88.7 cm³/mol. The number of amides is 1. The molecule has 1 fully saturated rings. The van der Waals surface area contributed by atoms with E-state index < -0.39 is 0 Å². The van der Waals surface area contributed by atoms with E-state index in [9.17, 15) is 9.18 Å². The summed E-state index contributed by atoms with van der Waals surface area (Å²) in [5.74, 6) is 1.78. The molecule has 1 saturated heterocycles. The molecule has 1 aliphatic heterocycles. The summed E-state index contributed by atoms with van der Waals surface area (Å²) in [5, 5.41) is 3.98. The van der Waals surface area contributed by atoms with Gasteiger partial charge in [0, 0.05) is 25.9 Å². The van der Waals surface area contributed by atoms with E-state index in [1.54, 1.807) is 12.1 Å². The quantitative estimate of drug-likeness (QED) is 0.770. The normalized spacial score (nSPS) is 17.0. The highest BCUT2D eigenvalue weighted by Crippen LogP contribution is 2.26. The van der Waals surface area contributed by atoms with Crippen LogP contribution in [-0.4, -0.2) is 40.6 Å². The molecule has 0 aliphatic carbocycles. The molecule has 1 aliphatic rings. The number of nitrogens with zero attached hydrogens (tertiary/aromatic N) is 3. The second kappa shape index (κ2) is 8.09. The van der Waals surface area contributed by atoms with Gasteiger partial charge in [-0.3, -0.25) is 4.79 Å². The van der Waals surface area contributed by atoms with Crippen molar-refractivity contribution in [1.82, 2.24) is 15.0 Å². The van der Waals surface area contributed by atoms with Gasteiger partial charge in [0.1, 0.15) is 11.6 Å². The number of ether oxygens (including phenoxy) is 1. The molecule has 1 aromatic heterocycles. The molecule has 2 aromatic rings. The maximum Gasteiger partial charge on any atom is 0.231 e. The monoisotopic (exact) mass is 347 g/mol. The molecule has 6 nitrogen and oxygen atoms in total. The van der Waals surface area contributed by atoms with E-state index in [1.165, 1.54) is 12.1 Å². The van der Waals surface area contributed by atoms with Crippen LogP contribution in [0.1, 0.15) is 43.8 Å². The highest BCUT2D eigenvalue weighted by atomic mass is 19.1. The lowest BCUT2D eigenvalue weighted by molar-refractivity contribution is -0.130. The average Bonchev–Trinajstić information content (AvgIpc) is 3.26. The van der Waals surface area contributed by atoms with Gasteiger partial charge < -0.3 is 14.2 Å². The predicted octanol–water partition coefficient (Wildman–Crippen LogP) is 2.95. The molecule has 1 amide bonds. The maximum absolute atomic E-state index is 12.8. The smallest absolute Gasteiger partial charge is 0.231 e. The van der Waals surface area contributed by atoms with Gasteiger partial charge in [-0.15, -0.1) is 0 Å². The first-order valence-electron chi connectivity index (χ1n) is 8.64. The van der Waals surface area contributed by atoms with Gasteiger partial charge in [-0.1, -0.05) is 12.1 Å². The zero-order valence-electron chi connectivity index (χ0n) is 14.3. The number of carbonyl (C=O) groups is 1. The standard InChI is InChI=1S/C18H22FN3O3/c1-2-3-17(23)22-10-8-13(12-22)18-20-16(21-25-18)9-11-24-15-6-4-14(19)5-7-15/h4-7,13H,2-3,8-12H2,1H3. The summed E-state index contributed by atoms with van der Waals surface area (Å²) in [4.78, 5) is 18.2. The van der Waals surface area contributed by atoms with Crippen LogP contribution in [0, 0.1) is 5.82 Å². The first kappa shape index (κ1) is 17.4. The minimum Gasteiger partial charge on any atom is -0.493 e. The Morgan fingerprint density at radius 1 is 1.40 bits per heavy atom. The third-order valence-electron chi connectivity index (χ3n) is 4.25. The van der Waals surface area contributed by atoms with E-state index in [2.05, 4.69) is 10.1 Å². The van der Waals surface area contributed by atoms with Crippen LogP contribution in [0.4, 0.5) is 4.39 Å². The molecule has 0 radical (unpaired) electrons. The van der Waals surface area contributed by atoms with E-state index in [1.807, 2.05) is 11.8 Å². The first-order chi connectivity index (χ1) is 12.2.